The summed E-state index contributed by atoms with van der Waals surface area (Å²) in [4.78, 5) is 18.6. The number of carbonyl (C=O) groups is 1. The molecule has 2 N–H and O–H groups in total. The Hall–Kier alpha value is -2.44. The normalized spacial score (nSPS) is 16.5. The zero-order valence-electron chi connectivity index (χ0n) is 15.8. The monoisotopic (exact) mass is 427 g/mol. The number of amides is 1. The molecule has 0 spiro atoms. The molecule has 3 aromatic rings. The van der Waals surface area contributed by atoms with Gasteiger partial charge in [0, 0.05) is 35.4 Å². The topological polar surface area (TPSA) is 65.5 Å². The first-order chi connectivity index (χ1) is 14.1. The number of nitrogens with one attached hydrogen (secondary N) is 1. The fourth-order valence-electron chi connectivity index (χ4n) is 3.52. The van der Waals surface area contributed by atoms with Gasteiger partial charge in [0.25, 0.3) is 0 Å². The number of aromatic hydroxyl groups is 1. The van der Waals surface area contributed by atoms with E-state index in [0.29, 0.717) is 10.8 Å². The van der Waals surface area contributed by atoms with Gasteiger partial charge in [0.2, 0.25) is 5.91 Å². The lowest BCUT2D eigenvalue weighted by molar-refractivity contribution is -0.128. The number of anilines is 1. The minimum atomic E-state index is 0.0324. The van der Waals surface area contributed by atoms with Crippen LogP contribution >= 0.6 is 23.4 Å². The molecule has 29 heavy (non-hydrogen) atoms. The lowest BCUT2D eigenvalue weighted by Gasteiger charge is -2.24. The maximum Gasteiger partial charge on any atom is 0.233 e. The number of hydrogen-bond donors (Lipinski definition) is 2. The van der Waals surface area contributed by atoms with Crippen LogP contribution in [0.2, 0.25) is 5.02 Å². The van der Waals surface area contributed by atoms with Crippen LogP contribution in [0.15, 0.2) is 54.7 Å². The molecule has 1 fully saturated rings. The van der Waals surface area contributed by atoms with Crippen molar-refractivity contribution in [3.05, 3.63) is 65.3 Å². The van der Waals surface area contributed by atoms with Crippen molar-refractivity contribution in [2.24, 2.45) is 0 Å². The predicted octanol–water partition coefficient (Wildman–Crippen LogP) is 5.06. The Morgan fingerprint density at radius 3 is 2.83 bits per heavy atom. The number of carbonyl (C=O) groups excluding carboxylic acids is 1. The third kappa shape index (κ3) is 4.60. The van der Waals surface area contributed by atoms with Crippen molar-refractivity contribution in [2.45, 2.75) is 18.2 Å². The molecule has 1 aliphatic rings. The van der Waals surface area contributed by atoms with Gasteiger partial charge in [-0.25, -0.2) is 0 Å². The van der Waals surface area contributed by atoms with E-state index in [0.717, 1.165) is 48.1 Å². The maximum atomic E-state index is 12.3. The molecule has 2 aromatic carbocycles. The largest absolute Gasteiger partial charge is 0.508 e. The lowest BCUT2D eigenvalue weighted by atomic mass is 10.1. The first-order valence-electron chi connectivity index (χ1n) is 9.60. The average molecular weight is 428 g/mol. The quantitative estimate of drug-likeness (QED) is 0.516. The van der Waals surface area contributed by atoms with E-state index >= 15 is 0 Å². The summed E-state index contributed by atoms with van der Waals surface area (Å²) in [5, 5.41) is 14.7. The number of phenols is 1. The van der Waals surface area contributed by atoms with Crippen LogP contribution in [-0.2, 0) is 4.79 Å². The highest BCUT2D eigenvalue weighted by Crippen LogP contribution is 2.39. The Morgan fingerprint density at radius 1 is 1.17 bits per heavy atom. The van der Waals surface area contributed by atoms with Crippen molar-refractivity contribution < 1.29 is 9.90 Å². The number of hydrogen-bond acceptors (Lipinski definition) is 5. The van der Waals surface area contributed by atoms with Gasteiger partial charge in [-0.2, -0.15) is 0 Å². The van der Waals surface area contributed by atoms with E-state index in [4.69, 9.17) is 11.6 Å². The standard InChI is InChI=1S/C22H22ClN3O2S/c23-16-5-8-18-19(9-11-25-20(18)13-16)24-10-1-2-12-26-21(28)14-29-22(26)15-3-6-17(27)7-4-15/h3-9,11,13,22,27H,1-2,10,12,14H2,(H,24,25). The molecule has 1 amide bonds. The van der Waals surface area contributed by atoms with Gasteiger partial charge in [0.1, 0.15) is 11.1 Å². The van der Waals surface area contributed by atoms with Gasteiger partial charge in [-0.15, -0.1) is 11.8 Å². The van der Waals surface area contributed by atoms with E-state index < -0.39 is 0 Å². The van der Waals surface area contributed by atoms with E-state index in [1.54, 1.807) is 30.1 Å². The van der Waals surface area contributed by atoms with Gasteiger partial charge < -0.3 is 15.3 Å². The number of phenolic OH excluding ortho intramolecular Hbond substituents is 1. The number of unbranched alkanes of at least 4 members (excludes halogenated alkanes) is 1. The van der Waals surface area contributed by atoms with Gasteiger partial charge in [-0.1, -0.05) is 23.7 Å². The maximum absolute atomic E-state index is 12.3. The summed E-state index contributed by atoms with van der Waals surface area (Å²) in [5.41, 5.74) is 2.97. The fraction of sp³-hybridized carbons (Fsp3) is 0.273. The highest BCUT2D eigenvalue weighted by atomic mass is 35.5. The minimum absolute atomic E-state index is 0.0324. The molecule has 1 aromatic heterocycles. The van der Waals surface area contributed by atoms with Crippen molar-refractivity contribution in [3.8, 4) is 5.75 Å². The Morgan fingerprint density at radius 2 is 2.00 bits per heavy atom. The summed E-state index contributed by atoms with van der Waals surface area (Å²) >= 11 is 7.69. The number of fused-ring (bicyclic) bond motifs is 1. The molecular formula is C22H22ClN3O2S. The Bertz CT molecular complexity index is 1010. The van der Waals surface area contributed by atoms with Crippen LogP contribution < -0.4 is 5.32 Å². The molecule has 0 saturated carbocycles. The van der Waals surface area contributed by atoms with Crippen LogP contribution in [0.25, 0.3) is 10.9 Å². The third-order valence-corrected chi connectivity index (χ3v) is 6.48. The van der Waals surface area contributed by atoms with Crippen molar-refractivity contribution in [2.75, 3.05) is 24.2 Å². The summed E-state index contributed by atoms with van der Waals surface area (Å²) in [7, 11) is 0. The van der Waals surface area contributed by atoms with Crippen LogP contribution in [0, 0.1) is 0 Å². The first-order valence-corrected chi connectivity index (χ1v) is 11.0. The Balaban J connectivity index is 1.31. The zero-order valence-corrected chi connectivity index (χ0v) is 17.4. The number of thioether (sulfide) groups is 1. The van der Waals surface area contributed by atoms with E-state index in [1.807, 2.05) is 41.3 Å². The predicted molar refractivity (Wildman–Crippen MR) is 119 cm³/mol. The smallest absolute Gasteiger partial charge is 0.233 e. The minimum Gasteiger partial charge on any atom is -0.508 e. The Kier molecular flexibility index (Phi) is 6.11. The van der Waals surface area contributed by atoms with Gasteiger partial charge in [-0.05, 0) is 54.8 Å². The van der Waals surface area contributed by atoms with Gasteiger partial charge in [0.05, 0.1) is 11.3 Å². The SMILES string of the molecule is O=C1CSC(c2ccc(O)cc2)N1CCCCNc1ccnc2cc(Cl)ccc12. The lowest BCUT2D eigenvalue weighted by Crippen LogP contribution is -2.29. The Labute approximate surface area is 179 Å². The molecule has 150 valence electrons. The van der Waals surface area contributed by atoms with Crippen LogP contribution in [0.5, 0.6) is 5.75 Å². The van der Waals surface area contributed by atoms with Crippen molar-refractivity contribution in [1.82, 2.24) is 9.88 Å². The van der Waals surface area contributed by atoms with E-state index in [-0.39, 0.29) is 17.0 Å². The zero-order chi connectivity index (χ0) is 20.2. The van der Waals surface area contributed by atoms with E-state index in [1.165, 1.54) is 0 Å². The summed E-state index contributed by atoms with van der Waals surface area (Å²) < 4.78 is 0. The molecule has 1 aliphatic heterocycles. The second-order valence-corrected chi connectivity index (χ2v) is 8.50. The van der Waals surface area contributed by atoms with Gasteiger partial charge in [-0.3, -0.25) is 9.78 Å². The summed E-state index contributed by atoms with van der Waals surface area (Å²) in [5.74, 6) is 0.930. The van der Waals surface area contributed by atoms with E-state index in [2.05, 4.69) is 10.3 Å². The van der Waals surface area contributed by atoms with Crippen molar-refractivity contribution in [1.29, 1.82) is 0 Å². The summed E-state index contributed by atoms with van der Waals surface area (Å²) in [6.07, 6.45) is 3.65. The second kappa shape index (κ2) is 8.93. The molecule has 0 aliphatic carbocycles. The van der Waals surface area contributed by atoms with E-state index in [9.17, 15) is 9.90 Å². The molecule has 1 unspecified atom stereocenters. The number of halogens is 1. The molecule has 2 heterocycles. The number of benzene rings is 2. The van der Waals surface area contributed by atoms with Crippen LogP contribution in [-0.4, -0.2) is 39.7 Å². The molecule has 7 heteroatoms. The fourth-order valence-corrected chi connectivity index (χ4v) is 4.90. The molecule has 4 rings (SSSR count). The molecule has 0 bridgehead atoms. The van der Waals surface area contributed by atoms with Crippen molar-refractivity contribution >= 4 is 45.9 Å². The van der Waals surface area contributed by atoms with Crippen LogP contribution in [0.3, 0.4) is 0 Å². The average Bonchev–Trinajstić information content (AvgIpc) is 3.08. The molecule has 1 atom stereocenters. The number of rotatable bonds is 7. The highest BCUT2D eigenvalue weighted by molar-refractivity contribution is 8.00. The molecule has 1 saturated heterocycles. The number of aromatic nitrogens is 1. The first kappa shape index (κ1) is 19.9. The summed E-state index contributed by atoms with van der Waals surface area (Å²) in [6, 6.07) is 14.8. The third-order valence-electron chi connectivity index (χ3n) is 4.99. The highest BCUT2D eigenvalue weighted by Gasteiger charge is 2.32. The van der Waals surface area contributed by atoms with Gasteiger partial charge >= 0.3 is 0 Å². The molecular weight excluding hydrogens is 406 g/mol. The van der Waals surface area contributed by atoms with Crippen LogP contribution in [0.1, 0.15) is 23.8 Å². The van der Waals surface area contributed by atoms with Gasteiger partial charge in [0.15, 0.2) is 0 Å². The van der Waals surface area contributed by atoms with Crippen molar-refractivity contribution in [3.63, 3.8) is 0 Å². The van der Waals surface area contributed by atoms with Crippen LogP contribution in [0.4, 0.5) is 5.69 Å². The number of nitrogens with zero attached hydrogens (tertiary/aromatic N) is 2. The summed E-state index contributed by atoms with van der Waals surface area (Å²) in [6.45, 7) is 1.55. The second-order valence-electron chi connectivity index (χ2n) is 7.00. The number of pyridine rings is 1. The molecule has 0 radical (unpaired) electrons. The molecule has 5 nitrogen and oxygen atoms in total.